The van der Waals surface area contributed by atoms with Crippen LogP contribution in [0.3, 0.4) is 0 Å². The van der Waals surface area contributed by atoms with Crippen molar-refractivity contribution in [2.45, 2.75) is 63.7 Å². The number of hydrogen-bond donors (Lipinski definition) is 3. The second-order valence-corrected chi connectivity index (χ2v) is 7.67. The Hall–Kier alpha value is -1.71. The van der Waals surface area contributed by atoms with Crippen LogP contribution in [-0.4, -0.2) is 34.3 Å². The number of halogens is 3. The highest BCUT2D eigenvalue weighted by Crippen LogP contribution is 2.43. The van der Waals surface area contributed by atoms with Crippen LogP contribution in [0, 0.1) is 11.8 Å². The summed E-state index contributed by atoms with van der Waals surface area (Å²) in [6.07, 6.45) is -0.655. The highest BCUT2D eigenvalue weighted by molar-refractivity contribution is 5.81. The van der Waals surface area contributed by atoms with Crippen LogP contribution in [0.15, 0.2) is 18.3 Å². The zero-order valence-electron chi connectivity index (χ0n) is 15.3. The molecule has 4 rings (SSSR count). The van der Waals surface area contributed by atoms with Crippen molar-refractivity contribution in [3.63, 3.8) is 0 Å². The maximum absolute atomic E-state index is 12.8. The van der Waals surface area contributed by atoms with E-state index in [1.165, 1.54) is 12.3 Å². The van der Waals surface area contributed by atoms with E-state index < -0.39 is 11.9 Å². The lowest BCUT2D eigenvalue weighted by molar-refractivity contribution is -0.141. The van der Waals surface area contributed by atoms with Gasteiger partial charge in [0, 0.05) is 12.2 Å². The molecule has 1 amide bonds. The summed E-state index contributed by atoms with van der Waals surface area (Å²) < 4.78 is 38.5. The number of carbonyl (C=O) groups excluding carboxylic acids is 1. The van der Waals surface area contributed by atoms with Gasteiger partial charge >= 0.3 is 6.18 Å². The third-order valence-corrected chi connectivity index (χ3v) is 5.72. The van der Waals surface area contributed by atoms with E-state index in [1.807, 2.05) is 18.9 Å². The molecule has 0 aromatic carbocycles. The normalized spacial score (nSPS) is 32.9. The lowest BCUT2D eigenvalue weighted by atomic mass is 9.91. The molecule has 0 spiro atoms. The number of rotatable bonds is 4. The van der Waals surface area contributed by atoms with Gasteiger partial charge in [-0.2, -0.15) is 13.2 Å². The third kappa shape index (κ3) is 3.43. The van der Waals surface area contributed by atoms with E-state index >= 15 is 0 Å². The van der Waals surface area contributed by atoms with E-state index in [2.05, 4.69) is 21.0 Å². The Kier molecular flexibility index (Phi) is 4.64. The first-order valence-electron chi connectivity index (χ1n) is 9.43. The first kappa shape index (κ1) is 18.6. The van der Waals surface area contributed by atoms with E-state index in [0.29, 0.717) is 17.9 Å². The summed E-state index contributed by atoms with van der Waals surface area (Å²) in [6.45, 7) is 3.87. The lowest BCUT2D eigenvalue weighted by Gasteiger charge is -2.38. The fourth-order valence-electron chi connectivity index (χ4n) is 4.30. The summed E-state index contributed by atoms with van der Waals surface area (Å²) in [5.41, 5.74) is 3.31. The van der Waals surface area contributed by atoms with Gasteiger partial charge in [-0.15, -0.1) is 0 Å². The van der Waals surface area contributed by atoms with Crippen molar-refractivity contribution in [1.29, 1.82) is 0 Å². The fraction of sp³-hybridized carbons (Fsp3) is 0.667. The molecule has 0 radical (unpaired) electrons. The van der Waals surface area contributed by atoms with E-state index in [0.717, 1.165) is 18.9 Å². The standard InChI is InChI=1S/C18H24F3N5O/c1-3-12(11-6-7-13(22-8-11)18(19,20)21)26-16-14(15(25-26)10-4-5-10)17(27)24-9(2)23-16/h6-10,12,14-16,23,25H,3-5H2,1-2H3,(H,24,27). The molecule has 1 aromatic rings. The molecule has 9 heteroatoms. The Labute approximate surface area is 155 Å². The zero-order valence-corrected chi connectivity index (χ0v) is 15.3. The van der Waals surface area contributed by atoms with Crippen LogP contribution in [0.4, 0.5) is 13.2 Å². The summed E-state index contributed by atoms with van der Waals surface area (Å²) in [4.78, 5) is 16.2. The van der Waals surface area contributed by atoms with Gasteiger partial charge in [0.25, 0.3) is 0 Å². The number of pyridine rings is 1. The molecular weight excluding hydrogens is 359 g/mol. The summed E-state index contributed by atoms with van der Waals surface area (Å²) >= 11 is 0. The van der Waals surface area contributed by atoms with E-state index in [1.54, 1.807) is 0 Å². The van der Waals surface area contributed by atoms with Crippen molar-refractivity contribution in [1.82, 2.24) is 26.1 Å². The van der Waals surface area contributed by atoms with Crippen LogP contribution in [0.1, 0.15) is 50.4 Å². The Morgan fingerprint density at radius 2 is 2.07 bits per heavy atom. The van der Waals surface area contributed by atoms with Gasteiger partial charge in [-0.05, 0) is 43.7 Å². The molecule has 2 saturated heterocycles. The minimum absolute atomic E-state index is 0.0264. The smallest absolute Gasteiger partial charge is 0.341 e. The number of carbonyl (C=O) groups is 1. The van der Waals surface area contributed by atoms with Gasteiger partial charge in [-0.1, -0.05) is 13.0 Å². The molecule has 0 bridgehead atoms. The van der Waals surface area contributed by atoms with E-state index in [-0.39, 0.29) is 36.2 Å². The van der Waals surface area contributed by atoms with Gasteiger partial charge in [0.15, 0.2) is 0 Å². The molecule has 5 unspecified atom stereocenters. The summed E-state index contributed by atoms with van der Waals surface area (Å²) in [7, 11) is 0. The molecule has 3 fully saturated rings. The predicted molar refractivity (Wildman–Crippen MR) is 91.8 cm³/mol. The number of amides is 1. The molecule has 1 saturated carbocycles. The Morgan fingerprint density at radius 1 is 1.33 bits per heavy atom. The fourth-order valence-corrected chi connectivity index (χ4v) is 4.30. The lowest BCUT2D eigenvalue weighted by Crippen LogP contribution is -2.63. The van der Waals surface area contributed by atoms with Crippen molar-refractivity contribution >= 4 is 5.91 Å². The largest absolute Gasteiger partial charge is 0.433 e. The van der Waals surface area contributed by atoms with Crippen LogP contribution in [-0.2, 0) is 11.0 Å². The predicted octanol–water partition coefficient (Wildman–Crippen LogP) is 2.16. The summed E-state index contributed by atoms with van der Waals surface area (Å²) in [5.74, 6) is 0.274. The first-order valence-corrected chi connectivity index (χ1v) is 9.43. The van der Waals surface area contributed by atoms with Crippen molar-refractivity contribution in [3.05, 3.63) is 29.6 Å². The van der Waals surface area contributed by atoms with Gasteiger partial charge in [0.2, 0.25) is 5.91 Å². The van der Waals surface area contributed by atoms with Crippen molar-refractivity contribution < 1.29 is 18.0 Å². The maximum Gasteiger partial charge on any atom is 0.433 e. The average Bonchev–Trinajstić information content (AvgIpc) is 3.38. The molecule has 1 aromatic heterocycles. The molecule has 6 nitrogen and oxygen atoms in total. The second kappa shape index (κ2) is 6.72. The van der Waals surface area contributed by atoms with Crippen molar-refractivity contribution in [3.8, 4) is 0 Å². The van der Waals surface area contributed by atoms with Crippen LogP contribution in [0.5, 0.6) is 0 Å². The number of aromatic nitrogens is 1. The number of nitrogens with zero attached hydrogens (tertiary/aromatic N) is 2. The zero-order chi connectivity index (χ0) is 19.3. The number of fused-ring (bicyclic) bond motifs is 1. The van der Waals surface area contributed by atoms with Crippen molar-refractivity contribution in [2.75, 3.05) is 0 Å². The highest BCUT2D eigenvalue weighted by Gasteiger charge is 2.54. The van der Waals surface area contributed by atoms with Gasteiger partial charge in [0.05, 0.1) is 24.3 Å². The number of hydrogen-bond acceptors (Lipinski definition) is 5. The monoisotopic (exact) mass is 383 g/mol. The second-order valence-electron chi connectivity index (χ2n) is 7.67. The molecule has 3 aliphatic rings. The quantitative estimate of drug-likeness (QED) is 0.744. The van der Waals surface area contributed by atoms with Crippen LogP contribution < -0.4 is 16.1 Å². The minimum atomic E-state index is -4.45. The van der Waals surface area contributed by atoms with E-state index in [4.69, 9.17) is 0 Å². The molecule has 27 heavy (non-hydrogen) atoms. The molecule has 2 aliphatic heterocycles. The Bertz CT molecular complexity index is 706. The van der Waals surface area contributed by atoms with Crippen LogP contribution in [0.2, 0.25) is 0 Å². The number of alkyl halides is 3. The molecule has 148 valence electrons. The Balaban J connectivity index is 1.62. The molecular formula is C18H24F3N5O. The van der Waals surface area contributed by atoms with Gasteiger partial charge in [0.1, 0.15) is 5.69 Å². The first-order chi connectivity index (χ1) is 12.8. The minimum Gasteiger partial charge on any atom is -0.341 e. The highest BCUT2D eigenvalue weighted by atomic mass is 19.4. The average molecular weight is 383 g/mol. The molecule has 3 heterocycles. The van der Waals surface area contributed by atoms with Crippen LogP contribution in [0.25, 0.3) is 0 Å². The van der Waals surface area contributed by atoms with E-state index in [9.17, 15) is 18.0 Å². The van der Waals surface area contributed by atoms with Crippen LogP contribution >= 0.6 is 0 Å². The maximum atomic E-state index is 12.8. The number of hydrazine groups is 1. The van der Waals surface area contributed by atoms with Gasteiger partial charge < -0.3 is 5.32 Å². The van der Waals surface area contributed by atoms with Gasteiger partial charge in [-0.25, -0.2) is 10.4 Å². The van der Waals surface area contributed by atoms with Gasteiger partial charge in [-0.3, -0.25) is 15.1 Å². The SMILES string of the molecule is CCC(c1ccc(C(F)(F)F)nc1)N1NC(C2CC2)C2C(=O)NC(C)NC21. The topological polar surface area (TPSA) is 69.3 Å². The summed E-state index contributed by atoms with van der Waals surface area (Å²) in [6, 6.07) is 2.37. The Morgan fingerprint density at radius 3 is 2.63 bits per heavy atom. The third-order valence-electron chi connectivity index (χ3n) is 5.72. The van der Waals surface area contributed by atoms with Crippen molar-refractivity contribution in [2.24, 2.45) is 11.8 Å². The molecule has 1 aliphatic carbocycles. The summed E-state index contributed by atoms with van der Waals surface area (Å²) in [5, 5.41) is 8.39. The molecule has 5 atom stereocenters. The number of nitrogens with one attached hydrogen (secondary N) is 3. The molecule has 3 N–H and O–H groups in total.